The maximum Gasteiger partial charge on any atom is 0.238 e. The summed E-state index contributed by atoms with van der Waals surface area (Å²) in [5.41, 5.74) is 1.08. The van der Waals surface area contributed by atoms with Crippen molar-refractivity contribution in [2.24, 2.45) is 0 Å². The molecule has 0 radical (unpaired) electrons. The van der Waals surface area contributed by atoms with Crippen LogP contribution in [0, 0.1) is 0 Å². The van der Waals surface area contributed by atoms with Gasteiger partial charge in [0.05, 0.1) is 6.54 Å². The van der Waals surface area contributed by atoms with Crippen LogP contribution in [-0.2, 0) is 4.79 Å². The largest absolute Gasteiger partial charge is 0.318 e. The number of rotatable bonds is 6. The Hall–Kier alpha value is -1.10. The Morgan fingerprint density at radius 2 is 1.95 bits per heavy atom. The van der Waals surface area contributed by atoms with E-state index in [1.165, 1.54) is 0 Å². The second-order valence-corrected chi connectivity index (χ2v) is 5.91. The maximum atomic E-state index is 12.2. The molecule has 21 heavy (non-hydrogen) atoms. The van der Waals surface area contributed by atoms with E-state index in [1.54, 1.807) is 0 Å². The molecule has 1 N–H and O–H groups in total. The van der Waals surface area contributed by atoms with Crippen molar-refractivity contribution in [2.45, 2.75) is 33.0 Å². The first-order valence-corrected chi connectivity index (χ1v) is 7.97. The van der Waals surface area contributed by atoms with E-state index in [-0.39, 0.29) is 18.1 Å². The van der Waals surface area contributed by atoms with E-state index in [9.17, 15) is 4.79 Å². The lowest BCUT2D eigenvalue weighted by Gasteiger charge is -2.33. The van der Waals surface area contributed by atoms with E-state index >= 15 is 0 Å². The number of benzene rings is 1. The number of carbonyl (C=O) groups excluding carboxylic acids is 1. The van der Waals surface area contributed by atoms with Gasteiger partial charge in [0.1, 0.15) is 6.17 Å². The van der Waals surface area contributed by atoms with Gasteiger partial charge in [0.15, 0.2) is 0 Å². The number of hydrogen-bond donors (Lipinski definition) is 1. The summed E-state index contributed by atoms with van der Waals surface area (Å²) in [6.45, 7) is 9.71. The lowest BCUT2D eigenvalue weighted by Crippen LogP contribution is -2.44. The first kappa shape index (κ1) is 16.3. The normalized spacial score (nSPS) is 20.3. The highest BCUT2D eigenvalue weighted by Gasteiger charge is 2.35. The third kappa shape index (κ3) is 3.76. The Morgan fingerprint density at radius 3 is 2.52 bits per heavy atom. The average Bonchev–Trinajstić information content (AvgIpc) is 2.87. The molecule has 0 bridgehead atoms. The molecule has 1 aromatic carbocycles. The van der Waals surface area contributed by atoms with Crippen molar-refractivity contribution in [2.75, 3.05) is 26.2 Å². The zero-order chi connectivity index (χ0) is 15.4. The lowest BCUT2D eigenvalue weighted by molar-refractivity contribution is -0.130. The minimum Gasteiger partial charge on any atom is -0.318 e. The van der Waals surface area contributed by atoms with Crippen molar-refractivity contribution < 1.29 is 4.79 Å². The Morgan fingerprint density at radius 1 is 1.33 bits per heavy atom. The molecule has 1 heterocycles. The first-order chi connectivity index (χ1) is 10.1. The highest BCUT2D eigenvalue weighted by molar-refractivity contribution is 6.30. The van der Waals surface area contributed by atoms with E-state index in [0.717, 1.165) is 25.2 Å². The van der Waals surface area contributed by atoms with E-state index in [1.807, 2.05) is 29.2 Å². The predicted molar refractivity (Wildman–Crippen MR) is 86.3 cm³/mol. The second-order valence-electron chi connectivity index (χ2n) is 5.47. The molecule has 1 saturated heterocycles. The van der Waals surface area contributed by atoms with Crippen molar-refractivity contribution in [1.29, 1.82) is 0 Å². The summed E-state index contributed by atoms with van der Waals surface area (Å²) < 4.78 is 0. The lowest BCUT2D eigenvalue weighted by atomic mass is 10.1. The van der Waals surface area contributed by atoms with Gasteiger partial charge in [-0.25, -0.2) is 0 Å². The van der Waals surface area contributed by atoms with Crippen LogP contribution < -0.4 is 5.32 Å². The van der Waals surface area contributed by atoms with Gasteiger partial charge in [0, 0.05) is 17.6 Å². The molecule has 4 nitrogen and oxygen atoms in total. The van der Waals surface area contributed by atoms with Crippen LogP contribution in [-0.4, -0.2) is 47.9 Å². The van der Waals surface area contributed by atoms with E-state index in [2.05, 4.69) is 31.0 Å². The number of likely N-dealkylation sites (N-methyl/N-ethyl adjacent to an activating group) is 1. The standard InChI is InChI=1S/C16H24ClN3O/c1-4-19(5-2)11-12(3)20-15(21)10-18-16(20)13-6-8-14(17)9-7-13/h6-9,12,16,18H,4-5,10-11H2,1-3H3. The summed E-state index contributed by atoms with van der Waals surface area (Å²) in [5.74, 6) is 0.162. The fourth-order valence-corrected chi connectivity index (χ4v) is 3.01. The summed E-state index contributed by atoms with van der Waals surface area (Å²) in [6, 6.07) is 7.88. The topological polar surface area (TPSA) is 35.6 Å². The Labute approximate surface area is 132 Å². The quantitative estimate of drug-likeness (QED) is 0.877. The van der Waals surface area contributed by atoms with Crippen molar-refractivity contribution >= 4 is 17.5 Å². The maximum absolute atomic E-state index is 12.2. The number of carbonyl (C=O) groups is 1. The molecular weight excluding hydrogens is 286 g/mol. The zero-order valence-corrected chi connectivity index (χ0v) is 13.7. The van der Waals surface area contributed by atoms with Crippen LogP contribution in [0.25, 0.3) is 0 Å². The third-order valence-electron chi connectivity index (χ3n) is 4.09. The zero-order valence-electron chi connectivity index (χ0n) is 13.0. The van der Waals surface area contributed by atoms with Gasteiger partial charge in [-0.3, -0.25) is 10.1 Å². The molecule has 2 rings (SSSR count). The smallest absolute Gasteiger partial charge is 0.238 e. The number of nitrogens with one attached hydrogen (secondary N) is 1. The summed E-state index contributed by atoms with van der Waals surface area (Å²) in [7, 11) is 0. The molecule has 1 amide bonds. The highest BCUT2D eigenvalue weighted by Crippen LogP contribution is 2.26. The number of hydrogen-bond acceptors (Lipinski definition) is 3. The van der Waals surface area contributed by atoms with Gasteiger partial charge >= 0.3 is 0 Å². The number of nitrogens with zero attached hydrogens (tertiary/aromatic N) is 2. The van der Waals surface area contributed by atoms with Crippen LogP contribution in [0.3, 0.4) is 0 Å². The van der Waals surface area contributed by atoms with Gasteiger partial charge in [0.25, 0.3) is 0 Å². The average molecular weight is 310 g/mol. The van der Waals surface area contributed by atoms with Crippen LogP contribution in [0.4, 0.5) is 0 Å². The first-order valence-electron chi connectivity index (χ1n) is 7.59. The van der Waals surface area contributed by atoms with E-state index in [4.69, 9.17) is 11.6 Å². The molecule has 0 aliphatic carbocycles. The van der Waals surface area contributed by atoms with E-state index < -0.39 is 0 Å². The van der Waals surface area contributed by atoms with Crippen molar-refractivity contribution in [3.8, 4) is 0 Å². The highest BCUT2D eigenvalue weighted by atomic mass is 35.5. The molecule has 0 spiro atoms. The SMILES string of the molecule is CCN(CC)CC(C)N1C(=O)CNC1c1ccc(Cl)cc1. The van der Waals surface area contributed by atoms with E-state index in [0.29, 0.717) is 11.6 Å². The van der Waals surface area contributed by atoms with Crippen molar-refractivity contribution in [3.05, 3.63) is 34.9 Å². The van der Waals surface area contributed by atoms with Crippen molar-refractivity contribution in [3.63, 3.8) is 0 Å². The minimum atomic E-state index is -0.0553. The predicted octanol–water partition coefficient (Wildman–Crippen LogP) is 2.50. The fourth-order valence-electron chi connectivity index (χ4n) is 2.88. The summed E-state index contributed by atoms with van der Waals surface area (Å²) in [4.78, 5) is 16.5. The number of halogens is 1. The van der Waals surface area contributed by atoms with Crippen LogP contribution >= 0.6 is 11.6 Å². The molecule has 2 unspecified atom stereocenters. The summed E-state index contributed by atoms with van der Waals surface area (Å²) >= 11 is 5.94. The molecule has 1 fully saturated rings. The molecule has 1 aliphatic rings. The molecule has 0 saturated carbocycles. The third-order valence-corrected chi connectivity index (χ3v) is 4.34. The Bertz CT molecular complexity index is 473. The molecular formula is C16H24ClN3O. The fraction of sp³-hybridized carbons (Fsp3) is 0.562. The van der Waals surface area contributed by atoms with Gasteiger partial charge in [-0.15, -0.1) is 0 Å². The molecule has 1 aromatic rings. The summed E-state index contributed by atoms with van der Waals surface area (Å²) in [5, 5.41) is 4.01. The molecule has 1 aliphatic heterocycles. The monoisotopic (exact) mass is 309 g/mol. The minimum absolute atomic E-state index is 0.0553. The second kappa shape index (κ2) is 7.25. The van der Waals surface area contributed by atoms with Gasteiger partial charge in [-0.05, 0) is 37.7 Å². The molecule has 0 aromatic heterocycles. The van der Waals surface area contributed by atoms with Crippen LogP contribution in [0.5, 0.6) is 0 Å². The molecule has 5 heteroatoms. The number of amides is 1. The van der Waals surface area contributed by atoms with Crippen molar-refractivity contribution in [1.82, 2.24) is 15.1 Å². The Balaban J connectivity index is 2.14. The van der Waals surface area contributed by atoms with Gasteiger partial charge in [-0.1, -0.05) is 37.6 Å². The van der Waals surface area contributed by atoms with Crippen LogP contribution in [0.2, 0.25) is 5.02 Å². The van der Waals surface area contributed by atoms with Gasteiger partial charge in [-0.2, -0.15) is 0 Å². The van der Waals surface area contributed by atoms with Crippen LogP contribution in [0.15, 0.2) is 24.3 Å². The Kier molecular flexibility index (Phi) is 5.62. The molecule has 116 valence electrons. The van der Waals surface area contributed by atoms with Crippen LogP contribution in [0.1, 0.15) is 32.5 Å². The van der Waals surface area contributed by atoms with Gasteiger partial charge in [0.2, 0.25) is 5.91 Å². The summed E-state index contributed by atoms with van der Waals surface area (Å²) in [6.07, 6.45) is -0.0553. The molecule has 2 atom stereocenters. The van der Waals surface area contributed by atoms with Gasteiger partial charge < -0.3 is 9.80 Å².